The minimum absolute atomic E-state index is 0.0931. The van der Waals surface area contributed by atoms with Crippen LogP contribution in [0, 0.1) is 0 Å². The number of rotatable bonds is 3. The van der Waals surface area contributed by atoms with E-state index in [2.05, 4.69) is 20.7 Å². The second-order valence-corrected chi connectivity index (χ2v) is 7.42. The summed E-state index contributed by atoms with van der Waals surface area (Å²) in [4.78, 5) is 14.4. The minimum Gasteiger partial charge on any atom is -0.405 e. The number of alkyl halides is 3. The van der Waals surface area contributed by atoms with E-state index in [1.807, 2.05) is 24.3 Å². The first-order chi connectivity index (χ1) is 11.8. The van der Waals surface area contributed by atoms with Gasteiger partial charge in [0.25, 0.3) is 5.91 Å². The van der Waals surface area contributed by atoms with Gasteiger partial charge in [-0.15, -0.1) is 24.9 Å². The third-order valence-corrected chi connectivity index (χ3v) is 5.44. The summed E-state index contributed by atoms with van der Waals surface area (Å²) in [7, 11) is 0. The lowest BCUT2D eigenvalue weighted by atomic mass is 10.1. The monoisotopic (exact) mass is 431 g/mol. The minimum atomic E-state index is -4.85. The van der Waals surface area contributed by atoms with Crippen molar-refractivity contribution in [1.82, 2.24) is 4.90 Å². The summed E-state index contributed by atoms with van der Waals surface area (Å²) in [6.45, 7) is 0.463. The van der Waals surface area contributed by atoms with Crippen molar-refractivity contribution in [2.75, 3.05) is 12.3 Å². The van der Waals surface area contributed by atoms with Gasteiger partial charge < -0.3 is 9.64 Å². The van der Waals surface area contributed by atoms with Gasteiger partial charge in [0.15, 0.2) is 0 Å². The Morgan fingerprint density at radius 3 is 2.52 bits per heavy atom. The number of halogens is 4. The van der Waals surface area contributed by atoms with Crippen LogP contribution in [0.3, 0.4) is 0 Å². The van der Waals surface area contributed by atoms with Crippen LogP contribution in [-0.2, 0) is 0 Å². The third kappa shape index (κ3) is 4.30. The van der Waals surface area contributed by atoms with Gasteiger partial charge >= 0.3 is 6.36 Å². The lowest BCUT2D eigenvalue weighted by Crippen LogP contribution is -2.31. The molecule has 2 aromatic carbocycles. The number of amides is 1. The van der Waals surface area contributed by atoms with Crippen LogP contribution < -0.4 is 4.74 Å². The first-order valence-electron chi connectivity index (χ1n) is 7.38. The predicted molar refractivity (Wildman–Crippen MR) is 93.5 cm³/mol. The van der Waals surface area contributed by atoms with E-state index >= 15 is 0 Å². The lowest BCUT2D eigenvalue weighted by molar-refractivity contribution is -0.274. The molecule has 0 aliphatic carbocycles. The summed E-state index contributed by atoms with van der Waals surface area (Å²) in [6.07, 6.45) is -4.85. The van der Waals surface area contributed by atoms with Crippen LogP contribution in [0.15, 0.2) is 53.0 Å². The lowest BCUT2D eigenvalue weighted by Gasteiger charge is -2.25. The van der Waals surface area contributed by atoms with E-state index < -0.39 is 18.0 Å². The zero-order chi connectivity index (χ0) is 18.0. The topological polar surface area (TPSA) is 29.5 Å². The molecule has 3 nitrogen and oxygen atoms in total. The van der Waals surface area contributed by atoms with E-state index in [4.69, 9.17) is 0 Å². The van der Waals surface area contributed by atoms with Gasteiger partial charge in [-0.2, -0.15) is 0 Å². The van der Waals surface area contributed by atoms with Crippen molar-refractivity contribution in [3.63, 3.8) is 0 Å². The fourth-order valence-corrected chi connectivity index (χ4v) is 4.11. The average molecular weight is 432 g/mol. The van der Waals surface area contributed by atoms with E-state index in [9.17, 15) is 18.0 Å². The Bertz CT molecular complexity index is 767. The maximum absolute atomic E-state index is 12.9. The molecule has 1 heterocycles. The number of nitrogens with zero attached hydrogens (tertiary/aromatic N) is 1. The highest BCUT2D eigenvalue weighted by molar-refractivity contribution is 9.10. The van der Waals surface area contributed by atoms with Gasteiger partial charge in [-0.05, 0) is 29.8 Å². The highest BCUT2D eigenvalue weighted by Gasteiger charge is 2.36. The molecule has 0 saturated carbocycles. The Kier molecular flexibility index (Phi) is 5.29. The molecule has 0 spiro atoms. The molecule has 25 heavy (non-hydrogen) atoms. The van der Waals surface area contributed by atoms with Crippen LogP contribution in [0.5, 0.6) is 5.75 Å². The van der Waals surface area contributed by atoms with Gasteiger partial charge in [-0.3, -0.25) is 4.79 Å². The Morgan fingerprint density at radius 2 is 1.84 bits per heavy atom. The second-order valence-electron chi connectivity index (χ2n) is 5.32. The number of hydrogen-bond acceptors (Lipinski definition) is 3. The van der Waals surface area contributed by atoms with Crippen molar-refractivity contribution in [2.45, 2.75) is 11.7 Å². The number of ether oxygens (including phenoxy) is 1. The fraction of sp³-hybridized carbons (Fsp3) is 0.235. The normalized spacial score (nSPS) is 17.6. The molecule has 2 aromatic rings. The Morgan fingerprint density at radius 1 is 1.16 bits per heavy atom. The van der Waals surface area contributed by atoms with E-state index in [1.165, 1.54) is 18.2 Å². The van der Waals surface area contributed by atoms with Crippen molar-refractivity contribution < 1.29 is 22.7 Å². The molecular formula is C17H13BrF3NO2S. The summed E-state index contributed by atoms with van der Waals surface area (Å²) in [5.41, 5.74) is 0.831. The zero-order valence-electron chi connectivity index (χ0n) is 12.8. The molecule has 0 aromatic heterocycles. The molecular weight excluding hydrogens is 419 g/mol. The summed E-state index contributed by atoms with van der Waals surface area (Å²) in [5.74, 6) is -0.237. The van der Waals surface area contributed by atoms with Crippen molar-refractivity contribution in [3.05, 3.63) is 64.1 Å². The summed E-state index contributed by atoms with van der Waals surface area (Å²) in [5, 5.41) is -0.237. The maximum Gasteiger partial charge on any atom is 0.573 e. The predicted octanol–water partition coefficient (Wildman–Crippen LogP) is 5.24. The summed E-state index contributed by atoms with van der Waals surface area (Å²) >= 11 is 4.94. The molecule has 0 N–H and O–H groups in total. The van der Waals surface area contributed by atoms with Crippen LogP contribution in [0.25, 0.3) is 0 Å². The number of benzene rings is 2. The van der Waals surface area contributed by atoms with Crippen LogP contribution in [0.2, 0.25) is 0 Å². The second kappa shape index (κ2) is 7.29. The molecule has 0 bridgehead atoms. The first-order valence-corrected chi connectivity index (χ1v) is 9.22. The third-order valence-electron chi connectivity index (χ3n) is 3.65. The highest BCUT2D eigenvalue weighted by atomic mass is 79.9. The Hall–Kier alpha value is -1.67. The number of carbonyl (C=O) groups is 1. The molecule has 1 aliphatic rings. The van der Waals surface area contributed by atoms with Gasteiger partial charge in [0, 0.05) is 16.8 Å². The van der Waals surface area contributed by atoms with Crippen molar-refractivity contribution >= 4 is 33.6 Å². The Balaban J connectivity index is 1.88. The molecule has 1 fully saturated rings. The number of para-hydroxylation sites is 1. The van der Waals surface area contributed by atoms with Gasteiger partial charge in [-0.25, -0.2) is 0 Å². The largest absolute Gasteiger partial charge is 0.573 e. The molecule has 3 rings (SSSR count). The highest BCUT2D eigenvalue weighted by Crippen LogP contribution is 2.40. The van der Waals surface area contributed by atoms with Gasteiger partial charge in [0.2, 0.25) is 0 Å². The molecule has 1 aliphatic heterocycles. The molecule has 8 heteroatoms. The van der Waals surface area contributed by atoms with Crippen molar-refractivity contribution in [1.29, 1.82) is 0 Å². The van der Waals surface area contributed by atoms with Crippen LogP contribution >= 0.6 is 27.7 Å². The fourth-order valence-electron chi connectivity index (χ4n) is 2.59. The summed E-state index contributed by atoms with van der Waals surface area (Å²) in [6, 6.07) is 13.0. The smallest absolute Gasteiger partial charge is 0.405 e. The number of hydrogen-bond donors (Lipinski definition) is 0. The van der Waals surface area contributed by atoms with Crippen molar-refractivity contribution in [3.8, 4) is 5.75 Å². The molecule has 1 saturated heterocycles. The van der Waals surface area contributed by atoms with Gasteiger partial charge in [0.05, 0.1) is 5.56 Å². The first kappa shape index (κ1) is 18.1. The van der Waals surface area contributed by atoms with Gasteiger partial charge in [-0.1, -0.05) is 40.2 Å². The average Bonchev–Trinajstić information content (AvgIpc) is 3.03. The zero-order valence-corrected chi connectivity index (χ0v) is 15.2. The van der Waals surface area contributed by atoms with E-state index in [0.717, 1.165) is 21.9 Å². The number of carbonyl (C=O) groups excluding carboxylic acids is 1. The number of thioether (sulfide) groups is 1. The van der Waals surface area contributed by atoms with Crippen molar-refractivity contribution in [2.24, 2.45) is 0 Å². The van der Waals surface area contributed by atoms with Crippen LogP contribution in [0.4, 0.5) is 13.2 Å². The van der Waals surface area contributed by atoms with E-state index in [1.54, 1.807) is 16.7 Å². The van der Waals surface area contributed by atoms with Crippen LogP contribution in [0.1, 0.15) is 21.3 Å². The molecule has 1 amide bonds. The molecule has 132 valence electrons. The SMILES string of the molecule is O=C(c1ccccc1OC(F)(F)F)N1CCSC1c1ccc(Br)cc1. The molecule has 1 atom stereocenters. The Labute approximate surface area is 155 Å². The quantitative estimate of drug-likeness (QED) is 0.665. The molecule has 0 radical (unpaired) electrons. The van der Waals surface area contributed by atoms with Crippen LogP contribution in [-0.4, -0.2) is 29.5 Å². The summed E-state index contributed by atoms with van der Waals surface area (Å²) < 4.78 is 42.7. The maximum atomic E-state index is 12.9. The molecule has 1 unspecified atom stereocenters. The van der Waals surface area contributed by atoms with Gasteiger partial charge in [0.1, 0.15) is 11.1 Å². The van der Waals surface area contributed by atoms with E-state index in [0.29, 0.717) is 6.54 Å². The van der Waals surface area contributed by atoms with E-state index in [-0.39, 0.29) is 10.9 Å². The standard InChI is InChI=1S/C17H13BrF3NO2S/c18-12-7-5-11(6-8-12)16-22(9-10-25-16)15(23)13-3-1-2-4-14(13)24-17(19,20)21/h1-8,16H,9-10H2.